The SMILES string of the molecule is Cc1ccc(S(=O)(=O)N[C@@H](C(=O)N2CCC(C(=O)N[C@H](Cc3ccccc3)C(=O)O)CC2)C(C)C)cc1. The zero-order valence-corrected chi connectivity index (χ0v) is 22.2. The summed E-state index contributed by atoms with van der Waals surface area (Å²) < 4.78 is 28.3. The molecule has 2 amide bonds. The summed E-state index contributed by atoms with van der Waals surface area (Å²) >= 11 is 0. The number of nitrogens with zero attached hydrogens (tertiary/aromatic N) is 1. The second kappa shape index (κ2) is 12.3. The number of aryl methyl sites for hydroxylation is 1. The number of carbonyl (C=O) groups is 3. The van der Waals surface area contributed by atoms with Gasteiger partial charge in [0.2, 0.25) is 21.8 Å². The Morgan fingerprint density at radius 1 is 1.00 bits per heavy atom. The summed E-state index contributed by atoms with van der Waals surface area (Å²) in [6.07, 6.45) is 0.909. The molecule has 0 aromatic heterocycles. The summed E-state index contributed by atoms with van der Waals surface area (Å²) in [5, 5.41) is 12.2. The summed E-state index contributed by atoms with van der Waals surface area (Å²) in [4.78, 5) is 39.5. The molecule has 200 valence electrons. The van der Waals surface area contributed by atoms with Crippen LogP contribution in [0.15, 0.2) is 59.5 Å². The van der Waals surface area contributed by atoms with E-state index in [0.29, 0.717) is 12.8 Å². The van der Waals surface area contributed by atoms with E-state index in [4.69, 9.17) is 0 Å². The lowest BCUT2D eigenvalue weighted by molar-refractivity contribution is -0.143. The molecule has 9 nitrogen and oxygen atoms in total. The number of hydrogen-bond acceptors (Lipinski definition) is 5. The quantitative estimate of drug-likeness (QED) is 0.433. The van der Waals surface area contributed by atoms with Crippen molar-refractivity contribution in [1.82, 2.24) is 14.9 Å². The van der Waals surface area contributed by atoms with E-state index in [2.05, 4.69) is 10.0 Å². The Morgan fingerprint density at radius 2 is 1.59 bits per heavy atom. The van der Waals surface area contributed by atoms with Gasteiger partial charge in [-0.05, 0) is 43.4 Å². The molecule has 0 radical (unpaired) electrons. The van der Waals surface area contributed by atoms with Crippen LogP contribution in [-0.2, 0) is 30.8 Å². The van der Waals surface area contributed by atoms with E-state index in [1.54, 1.807) is 30.9 Å². The number of carboxylic acids is 1. The molecule has 1 aliphatic rings. The van der Waals surface area contributed by atoms with Gasteiger partial charge in [-0.3, -0.25) is 9.59 Å². The second-order valence-corrected chi connectivity index (χ2v) is 11.6. The fourth-order valence-electron chi connectivity index (χ4n) is 4.32. The molecule has 1 heterocycles. The van der Waals surface area contributed by atoms with Gasteiger partial charge in [-0.25, -0.2) is 13.2 Å². The molecule has 1 fully saturated rings. The number of piperidine rings is 1. The highest BCUT2D eigenvalue weighted by Crippen LogP contribution is 2.21. The minimum atomic E-state index is -3.89. The van der Waals surface area contributed by atoms with Crippen LogP contribution in [0.5, 0.6) is 0 Å². The fraction of sp³-hybridized carbons (Fsp3) is 0.444. The van der Waals surface area contributed by atoms with Crippen molar-refractivity contribution in [3.05, 3.63) is 65.7 Å². The van der Waals surface area contributed by atoms with Crippen molar-refractivity contribution < 1.29 is 27.9 Å². The summed E-state index contributed by atoms with van der Waals surface area (Å²) in [5.41, 5.74) is 1.74. The third kappa shape index (κ3) is 7.62. The monoisotopic (exact) mass is 529 g/mol. The number of amides is 2. The molecule has 10 heteroatoms. The maximum Gasteiger partial charge on any atom is 0.326 e. The van der Waals surface area contributed by atoms with Gasteiger partial charge in [0.15, 0.2) is 0 Å². The normalized spacial score (nSPS) is 16.3. The van der Waals surface area contributed by atoms with Crippen LogP contribution in [0.25, 0.3) is 0 Å². The van der Waals surface area contributed by atoms with Gasteiger partial charge in [0.25, 0.3) is 0 Å². The number of carboxylic acid groups (broad SMARTS) is 1. The predicted octanol–water partition coefficient (Wildman–Crippen LogP) is 2.35. The molecular weight excluding hydrogens is 494 g/mol. The van der Waals surface area contributed by atoms with Gasteiger partial charge >= 0.3 is 5.97 Å². The van der Waals surface area contributed by atoms with Crippen LogP contribution < -0.4 is 10.0 Å². The van der Waals surface area contributed by atoms with Crippen molar-refractivity contribution in [2.75, 3.05) is 13.1 Å². The number of likely N-dealkylation sites (tertiary alicyclic amines) is 1. The van der Waals surface area contributed by atoms with Gasteiger partial charge in [0, 0.05) is 25.4 Å². The topological polar surface area (TPSA) is 133 Å². The number of hydrogen-bond donors (Lipinski definition) is 3. The first-order valence-corrected chi connectivity index (χ1v) is 13.9. The summed E-state index contributed by atoms with van der Waals surface area (Å²) in [6, 6.07) is 13.5. The van der Waals surface area contributed by atoms with Gasteiger partial charge in [-0.15, -0.1) is 0 Å². The van der Waals surface area contributed by atoms with Crippen LogP contribution in [0.4, 0.5) is 0 Å². The van der Waals surface area contributed by atoms with Crippen molar-refractivity contribution in [2.24, 2.45) is 11.8 Å². The third-order valence-corrected chi connectivity index (χ3v) is 8.08. The fourth-order valence-corrected chi connectivity index (χ4v) is 5.66. The molecule has 0 spiro atoms. The van der Waals surface area contributed by atoms with E-state index >= 15 is 0 Å². The van der Waals surface area contributed by atoms with E-state index in [1.165, 1.54) is 12.1 Å². The van der Waals surface area contributed by atoms with Crippen molar-refractivity contribution in [2.45, 2.75) is 57.0 Å². The molecule has 1 saturated heterocycles. The number of aliphatic carboxylic acids is 1. The van der Waals surface area contributed by atoms with E-state index in [9.17, 15) is 27.9 Å². The highest BCUT2D eigenvalue weighted by Gasteiger charge is 2.35. The maximum absolute atomic E-state index is 13.3. The summed E-state index contributed by atoms with van der Waals surface area (Å²) in [6.45, 7) is 5.98. The lowest BCUT2D eigenvalue weighted by atomic mass is 9.94. The molecule has 2 aromatic carbocycles. The van der Waals surface area contributed by atoms with Crippen LogP contribution in [-0.4, -0.2) is 61.4 Å². The number of nitrogens with one attached hydrogen (secondary N) is 2. The van der Waals surface area contributed by atoms with Crippen LogP contribution in [0, 0.1) is 18.8 Å². The van der Waals surface area contributed by atoms with Gasteiger partial charge in [0.1, 0.15) is 12.1 Å². The van der Waals surface area contributed by atoms with Gasteiger partial charge in [-0.2, -0.15) is 4.72 Å². The predicted molar refractivity (Wildman–Crippen MR) is 139 cm³/mol. The lowest BCUT2D eigenvalue weighted by Crippen LogP contribution is -2.54. The minimum absolute atomic E-state index is 0.0930. The van der Waals surface area contributed by atoms with Gasteiger partial charge in [-0.1, -0.05) is 61.9 Å². The first-order chi connectivity index (χ1) is 17.5. The second-order valence-electron chi connectivity index (χ2n) is 9.84. The van der Waals surface area contributed by atoms with Gasteiger partial charge < -0.3 is 15.3 Å². The summed E-state index contributed by atoms with van der Waals surface area (Å²) in [7, 11) is -3.89. The number of carbonyl (C=O) groups excluding carboxylic acids is 2. The van der Waals surface area contributed by atoms with Crippen molar-refractivity contribution in [3.63, 3.8) is 0 Å². The Kier molecular flexibility index (Phi) is 9.45. The standard InChI is InChI=1S/C27H35N3O6S/c1-18(2)24(29-37(35,36)22-11-9-19(3)10-12-22)26(32)30-15-13-21(14-16-30)25(31)28-23(27(33)34)17-20-7-5-4-6-8-20/h4-12,18,21,23-24,29H,13-17H2,1-3H3,(H,28,31)(H,33,34)/t23-,24-/m1/s1. The minimum Gasteiger partial charge on any atom is -0.480 e. The largest absolute Gasteiger partial charge is 0.480 e. The van der Waals surface area contributed by atoms with Crippen LogP contribution >= 0.6 is 0 Å². The Balaban J connectivity index is 1.59. The Morgan fingerprint density at radius 3 is 2.14 bits per heavy atom. The van der Waals surface area contributed by atoms with Crippen LogP contribution in [0.3, 0.4) is 0 Å². The first-order valence-electron chi connectivity index (χ1n) is 12.4. The molecular formula is C27H35N3O6S. The Bertz CT molecular complexity index is 1190. The molecule has 0 saturated carbocycles. The molecule has 0 bridgehead atoms. The van der Waals surface area contributed by atoms with E-state index in [0.717, 1.165) is 11.1 Å². The Hall–Kier alpha value is -3.24. The molecule has 2 aromatic rings. The zero-order valence-electron chi connectivity index (χ0n) is 21.4. The molecule has 0 aliphatic carbocycles. The maximum atomic E-state index is 13.3. The number of rotatable bonds is 10. The molecule has 0 unspecified atom stereocenters. The smallest absolute Gasteiger partial charge is 0.326 e. The zero-order chi connectivity index (χ0) is 27.2. The van der Waals surface area contributed by atoms with Gasteiger partial charge in [0.05, 0.1) is 4.90 Å². The average molecular weight is 530 g/mol. The Labute approximate surface area is 218 Å². The first kappa shape index (κ1) is 28.3. The van der Waals surface area contributed by atoms with E-state index in [-0.39, 0.29) is 42.1 Å². The van der Waals surface area contributed by atoms with Crippen molar-refractivity contribution in [1.29, 1.82) is 0 Å². The lowest BCUT2D eigenvalue weighted by Gasteiger charge is -2.35. The number of benzene rings is 2. The molecule has 3 N–H and O–H groups in total. The van der Waals surface area contributed by atoms with E-state index in [1.807, 2.05) is 37.3 Å². The highest BCUT2D eigenvalue weighted by atomic mass is 32.2. The van der Waals surface area contributed by atoms with Crippen LogP contribution in [0.1, 0.15) is 37.8 Å². The average Bonchev–Trinajstić information content (AvgIpc) is 2.87. The molecule has 37 heavy (non-hydrogen) atoms. The molecule has 3 rings (SSSR count). The van der Waals surface area contributed by atoms with Crippen molar-refractivity contribution in [3.8, 4) is 0 Å². The molecule has 1 aliphatic heterocycles. The van der Waals surface area contributed by atoms with Crippen LogP contribution in [0.2, 0.25) is 0 Å². The van der Waals surface area contributed by atoms with Crippen molar-refractivity contribution >= 4 is 27.8 Å². The summed E-state index contributed by atoms with van der Waals surface area (Å²) in [5.74, 6) is -2.51. The third-order valence-electron chi connectivity index (χ3n) is 6.62. The van der Waals surface area contributed by atoms with E-state index < -0.39 is 34.0 Å². The molecule has 2 atom stereocenters. The number of sulfonamides is 1. The highest BCUT2D eigenvalue weighted by molar-refractivity contribution is 7.89.